The fraction of sp³-hybridized carbons (Fsp3) is 0.273. The number of rotatable bonds is 2. The molecule has 1 heterocycles. The molecule has 1 aromatic carbocycles. The van der Waals surface area contributed by atoms with Crippen molar-refractivity contribution >= 4 is 22.8 Å². The lowest BCUT2D eigenvalue weighted by atomic mass is 10.3. The van der Waals surface area contributed by atoms with Crippen molar-refractivity contribution in [3.63, 3.8) is 0 Å². The molecule has 0 aliphatic carbocycles. The van der Waals surface area contributed by atoms with Gasteiger partial charge in [0.05, 0.1) is 22.9 Å². The summed E-state index contributed by atoms with van der Waals surface area (Å²) < 4.78 is 2.06. The van der Waals surface area contributed by atoms with Crippen molar-refractivity contribution in [3.05, 3.63) is 24.0 Å². The third kappa shape index (κ3) is 1.83. The maximum atomic E-state index is 8.50. The lowest BCUT2D eigenvalue weighted by Crippen LogP contribution is -1.89. The summed E-state index contributed by atoms with van der Waals surface area (Å²) in [5.74, 6) is 1.49. The summed E-state index contributed by atoms with van der Waals surface area (Å²) >= 11 is 1.54. The van der Waals surface area contributed by atoms with Crippen LogP contribution in [-0.2, 0) is 7.05 Å². The number of aromatic nitrogens is 2. The Kier molecular flexibility index (Phi) is 2.65. The molecule has 0 N–H and O–H groups in total. The van der Waals surface area contributed by atoms with Crippen LogP contribution in [0.4, 0.5) is 0 Å². The summed E-state index contributed by atoms with van der Waals surface area (Å²) in [6.07, 6.45) is 0. The first-order valence-corrected chi connectivity index (χ1v) is 5.64. The van der Waals surface area contributed by atoms with Crippen LogP contribution in [0.2, 0.25) is 0 Å². The van der Waals surface area contributed by atoms with Gasteiger partial charge in [-0.15, -0.1) is 11.8 Å². The highest BCUT2D eigenvalue weighted by atomic mass is 32.2. The van der Waals surface area contributed by atoms with Crippen molar-refractivity contribution in [1.29, 1.82) is 5.26 Å². The molecule has 0 radical (unpaired) electrons. The Morgan fingerprint density at radius 3 is 3.07 bits per heavy atom. The van der Waals surface area contributed by atoms with Crippen molar-refractivity contribution in [2.24, 2.45) is 7.05 Å². The number of nitriles is 1. The minimum atomic E-state index is 0.483. The second-order valence-corrected chi connectivity index (χ2v) is 4.36. The number of hydrogen-bond acceptors (Lipinski definition) is 3. The van der Waals surface area contributed by atoms with Crippen LogP contribution in [0.25, 0.3) is 11.0 Å². The van der Waals surface area contributed by atoms with Crippen LogP contribution in [0.3, 0.4) is 0 Å². The average Bonchev–Trinajstić information content (AvgIpc) is 2.52. The van der Waals surface area contributed by atoms with Gasteiger partial charge in [-0.3, -0.25) is 0 Å². The van der Waals surface area contributed by atoms with E-state index in [1.165, 1.54) is 0 Å². The number of aryl methyl sites for hydroxylation is 2. The fourth-order valence-electron chi connectivity index (χ4n) is 1.51. The summed E-state index contributed by atoms with van der Waals surface area (Å²) in [6.45, 7) is 1.99. The van der Waals surface area contributed by atoms with Crippen LogP contribution < -0.4 is 0 Å². The molecule has 0 saturated heterocycles. The number of fused-ring (bicyclic) bond motifs is 1. The normalized spacial score (nSPS) is 10.5. The Bertz CT molecular complexity index is 536. The first-order chi connectivity index (χ1) is 7.22. The third-order valence-corrected chi connectivity index (χ3v) is 3.24. The monoisotopic (exact) mass is 217 g/mol. The van der Waals surface area contributed by atoms with Gasteiger partial charge in [-0.1, -0.05) is 0 Å². The van der Waals surface area contributed by atoms with E-state index in [0.29, 0.717) is 5.75 Å². The molecule has 1 aromatic heterocycles. The Hall–Kier alpha value is -1.47. The van der Waals surface area contributed by atoms with Crippen molar-refractivity contribution in [3.8, 4) is 6.07 Å². The molecule has 0 amide bonds. The fourth-order valence-corrected chi connectivity index (χ4v) is 2.10. The third-order valence-electron chi connectivity index (χ3n) is 2.38. The standard InChI is InChI=1S/C11H11N3S/c1-8-13-10-7-9(15-6-5-12)3-4-11(10)14(8)2/h3-4,7H,6H2,1-2H3. The predicted octanol–water partition coefficient (Wildman–Crippen LogP) is 2.50. The second-order valence-electron chi connectivity index (χ2n) is 3.32. The average molecular weight is 217 g/mol. The maximum Gasteiger partial charge on any atom is 0.106 e. The topological polar surface area (TPSA) is 41.6 Å². The lowest BCUT2D eigenvalue weighted by Gasteiger charge is -1.98. The van der Waals surface area contributed by atoms with Gasteiger partial charge in [-0.25, -0.2) is 4.98 Å². The molecule has 76 valence electrons. The van der Waals surface area contributed by atoms with Crippen LogP contribution in [-0.4, -0.2) is 15.3 Å². The van der Waals surface area contributed by atoms with E-state index >= 15 is 0 Å². The molecule has 0 atom stereocenters. The highest BCUT2D eigenvalue weighted by Crippen LogP contribution is 2.23. The van der Waals surface area contributed by atoms with Gasteiger partial charge in [0, 0.05) is 11.9 Å². The first kappa shape index (κ1) is 10.1. The van der Waals surface area contributed by atoms with E-state index in [0.717, 1.165) is 21.8 Å². The molecule has 0 spiro atoms. The van der Waals surface area contributed by atoms with Gasteiger partial charge in [0.2, 0.25) is 0 Å². The minimum Gasteiger partial charge on any atom is -0.331 e. The van der Waals surface area contributed by atoms with Crippen LogP contribution in [0.15, 0.2) is 23.1 Å². The molecule has 2 aromatic rings. The molecule has 3 nitrogen and oxygen atoms in total. The Morgan fingerprint density at radius 1 is 1.53 bits per heavy atom. The van der Waals surface area contributed by atoms with E-state index in [9.17, 15) is 0 Å². The van der Waals surface area contributed by atoms with Crippen LogP contribution in [0, 0.1) is 18.3 Å². The second kappa shape index (κ2) is 3.95. The first-order valence-electron chi connectivity index (χ1n) is 4.65. The predicted molar refractivity (Wildman–Crippen MR) is 61.8 cm³/mol. The Morgan fingerprint density at radius 2 is 2.33 bits per heavy atom. The number of hydrogen-bond donors (Lipinski definition) is 0. The van der Waals surface area contributed by atoms with Crippen molar-refractivity contribution in [2.45, 2.75) is 11.8 Å². The van der Waals surface area contributed by atoms with Gasteiger partial charge in [0.15, 0.2) is 0 Å². The van der Waals surface area contributed by atoms with Crippen LogP contribution >= 0.6 is 11.8 Å². The quantitative estimate of drug-likeness (QED) is 0.726. The zero-order valence-electron chi connectivity index (χ0n) is 8.69. The molecule has 0 aliphatic rings. The minimum absolute atomic E-state index is 0.483. The van der Waals surface area contributed by atoms with E-state index in [1.807, 2.05) is 26.1 Å². The largest absolute Gasteiger partial charge is 0.331 e. The Balaban J connectivity index is 2.44. The molecule has 0 aliphatic heterocycles. The van der Waals surface area contributed by atoms with Gasteiger partial charge in [0.25, 0.3) is 0 Å². The highest BCUT2D eigenvalue weighted by Gasteiger charge is 2.04. The molecule has 0 saturated carbocycles. The zero-order valence-corrected chi connectivity index (χ0v) is 9.51. The van der Waals surface area contributed by atoms with Gasteiger partial charge in [-0.2, -0.15) is 5.26 Å². The molecule has 0 unspecified atom stereocenters. The molecular formula is C11H11N3S. The molecule has 2 rings (SSSR count). The smallest absolute Gasteiger partial charge is 0.106 e. The summed E-state index contributed by atoms with van der Waals surface area (Å²) in [5.41, 5.74) is 2.13. The molecule has 15 heavy (non-hydrogen) atoms. The van der Waals surface area contributed by atoms with E-state index in [1.54, 1.807) is 11.8 Å². The Labute approximate surface area is 92.7 Å². The number of imidazole rings is 1. The lowest BCUT2D eigenvalue weighted by molar-refractivity contribution is 0.886. The van der Waals surface area contributed by atoms with Gasteiger partial charge < -0.3 is 4.57 Å². The summed E-state index contributed by atoms with van der Waals surface area (Å²) in [5, 5.41) is 8.50. The molecule has 0 bridgehead atoms. The highest BCUT2D eigenvalue weighted by molar-refractivity contribution is 7.99. The summed E-state index contributed by atoms with van der Waals surface area (Å²) in [7, 11) is 2.01. The molecule has 4 heteroatoms. The van der Waals surface area contributed by atoms with Crippen molar-refractivity contribution < 1.29 is 0 Å². The van der Waals surface area contributed by atoms with Gasteiger partial charge in [-0.05, 0) is 25.1 Å². The van der Waals surface area contributed by atoms with E-state index in [2.05, 4.69) is 21.7 Å². The van der Waals surface area contributed by atoms with Gasteiger partial charge in [0.1, 0.15) is 5.82 Å². The number of nitrogens with zero attached hydrogens (tertiary/aromatic N) is 3. The number of thioether (sulfide) groups is 1. The van der Waals surface area contributed by atoms with Crippen LogP contribution in [0.5, 0.6) is 0 Å². The SMILES string of the molecule is Cc1nc2cc(SCC#N)ccc2n1C. The van der Waals surface area contributed by atoms with E-state index in [4.69, 9.17) is 5.26 Å². The molecule has 0 fully saturated rings. The maximum absolute atomic E-state index is 8.50. The molecular weight excluding hydrogens is 206 g/mol. The van der Waals surface area contributed by atoms with Crippen LogP contribution in [0.1, 0.15) is 5.82 Å². The summed E-state index contributed by atoms with van der Waals surface area (Å²) in [6, 6.07) is 8.23. The van der Waals surface area contributed by atoms with Crippen molar-refractivity contribution in [2.75, 3.05) is 5.75 Å². The van der Waals surface area contributed by atoms with E-state index < -0.39 is 0 Å². The summed E-state index contributed by atoms with van der Waals surface area (Å²) in [4.78, 5) is 5.55. The number of benzene rings is 1. The van der Waals surface area contributed by atoms with Gasteiger partial charge >= 0.3 is 0 Å². The zero-order chi connectivity index (χ0) is 10.8. The van der Waals surface area contributed by atoms with E-state index in [-0.39, 0.29) is 0 Å². The van der Waals surface area contributed by atoms with Crippen molar-refractivity contribution in [1.82, 2.24) is 9.55 Å².